The van der Waals surface area contributed by atoms with Crippen molar-refractivity contribution in [1.29, 1.82) is 0 Å². The van der Waals surface area contributed by atoms with Gasteiger partial charge in [-0.2, -0.15) is 0 Å². The zero-order valence-electron chi connectivity index (χ0n) is 11.6. The van der Waals surface area contributed by atoms with Crippen molar-refractivity contribution < 1.29 is 9.53 Å². The lowest BCUT2D eigenvalue weighted by molar-refractivity contribution is 0.132. The van der Waals surface area contributed by atoms with Gasteiger partial charge in [-0.3, -0.25) is 0 Å². The number of ether oxygens (including phenoxy) is 1. The zero-order valence-corrected chi connectivity index (χ0v) is 11.6. The molecule has 0 heterocycles. The Balaban J connectivity index is 3.48. The van der Waals surface area contributed by atoms with Gasteiger partial charge in [0.05, 0.1) is 6.61 Å². The first kappa shape index (κ1) is 16.2. The summed E-state index contributed by atoms with van der Waals surface area (Å²) in [5, 5.41) is 2.75. The largest absolute Gasteiger partial charge is 0.450 e. The van der Waals surface area contributed by atoms with Crippen LogP contribution < -0.4 is 11.1 Å². The van der Waals surface area contributed by atoms with Gasteiger partial charge >= 0.3 is 6.09 Å². The quantitative estimate of drug-likeness (QED) is 0.661. The predicted molar refractivity (Wildman–Crippen MR) is 70.0 cm³/mol. The fourth-order valence-corrected chi connectivity index (χ4v) is 1.31. The van der Waals surface area contributed by atoms with Crippen molar-refractivity contribution in [3.8, 4) is 0 Å². The highest BCUT2D eigenvalue weighted by molar-refractivity contribution is 5.67. The minimum absolute atomic E-state index is 0.241. The van der Waals surface area contributed by atoms with Crippen molar-refractivity contribution in [3.63, 3.8) is 0 Å². The van der Waals surface area contributed by atoms with Crippen LogP contribution in [0.4, 0.5) is 4.79 Å². The van der Waals surface area contributed by atoms with Gasteiger partial charge < -0.3 is 20.7 Å². The summed E-state index contributed by atoms with van der Waals surface area (Å²) in [6, 6.07) is 0. The molecule has 0 saturated heterocycles. The predicted octanol–water partition coefficient (Wildman–Crippen LogP) is 1.18. The number of hydrogen-bond donors (Lipinski definition) is 2. The molecule has 0 fully saturated rings. The van der Waals surface area contributed by atoms with E-state index in [0.29, 0.717) is 6.61 Å². The monoisotopic (exact) mass is 245 g/mol. The maximum absolute atomic E-state index is 11.3. The van der Waals surface area contributed by atoms with Gasteiger partial charge in [0.25, 0.3) is 0 Å². The highest BCUT2D eigenvalue weighted by Crippen LogP contribution is 1.99. The number of alkyl carbamates (subject to hydrolysis) is 1. The average Bonchev–Trinajstić information content (AvgIpc) is 2.19. The first-order valence-corrected chi connectivity index (χ1v) is 6.18. The van der Waals surface area contributed by atoms with Crippen molar-refractivity contribution in [2.45, 2.75) is 39.2 Å². The molecule has 0 saturated carbocycles. The topological polar surface area (TPSA) is 67.6 Å². The normalized spacial score (nSPS) is 11.6. The summed E-state index contributed by atoms with van der Waals surface area (Å²) in [6.45, 7) is 8.86. The molecule has 0 bridgehead atoms. The minimum atomic E-state index is -0.345. The molecule has 0 rings (SSSR count). The summed E-state index contributed by atoms with van der Waals surface area (Å²) in [4.78, 5) is 13.5. The molecular formula is C12H27N3O2. The van der Waals surface area contributed by atoms with E-state index in [1.54, 1.807) is 0 Å². The Hall–Kier alpha value is -0.810. The molecule has 0 unspecified atom stereocenters. The van der Waals surface area contributed by atoms with Crippen LogP contribution in [0.25, 0.3) is 0 Å². The molecule has 0 aliphatic heterocycles. The Morgan fingerprint density at radius 3 is 2.41 bits per heavy atom. The molecule has 0 aromatic rings. The van der Waals surface area contributed by atoms with Crippen molar-refractivity contribution in [2.75, 3.05) is 33.3 Å². The smallest absolute Gasteiger partial charge is 0.407 e. The number of carbonyl (C=O) groups excluding carboxylic acids is 1. The number of nitrogens with zero attached hydrogens (tertiary/aromatic N) is 1. The molecular weight excluding hydrogens is 218 g/mol. The molecule has 0 aromatic heterocycles. The van der Waals surface area contributed by atoms with E-state index in [0.717, 1.165) is 32.5 Å². The molecule has 1 amide bonds. The van der Waals surface area contributed by atoms with Crippen LogP contribution in [0, 0.1) is 0 Å². The van der Waals surface area contributed by atoms with Crippen molar-refractivity contribution in [2.24, 2.45) is 5.73 Å². The second-order valence-corrected chi connectivity index (χ2v) is 5.31. The van der Waals surface area contributed by atoms with Crippen LogP contribution >= 0.6 is 0 Å². The van der Waals surface area contributed by atoms with Gasteiger partial charge in [-0.25, -0.2) is 4.79 Å². The van der Waals surface area contributed by atoms with Crippen LogP contribution in [0.5, 0.6) is 0 Å². The molecule has 17 heavy (non-hydrogen) atoms. The van der Waals surface area contributed by atoms with Gasteiger partial charge in [0, 0.05) is 12.1 Å². The van der Waals surface area contributed by atoms with Crippen LogP contribution in [0.15, 0.2) is 0 Å². The molecule has 5 nitrogen and oxygen atoms in total. The van der Waals surface area contributed by atoms with Crippen molar-refractivity contribution >= 4 is 6.09 Å². The second-order valence-electron chi connectivity index (χ2n) is 5.31. The molecule has 3 N–H and O–H groups in total. The number of hydrogen-bond acceptors (Lipinski definition) is 4. The summed E-state index contributed by atoms with van der Waals surface area (Å²) in [7, 11) is 2.05. The van der Waals surface area contributed by atoms with Gasteiger partial charge in [-0.05, 0) is 53.8 Å². The van der Waals surface area contributed by atoms with E-state index in [4.69, 9.17) is 10.5 Å². The number of carbonyl (C=O) groups is 1. The number of rotatable bonds is 7. The number of amides is 1. The summed E-state index contributed by atoms with van der Waals surface area (Å²) < 4.78 is 5.07. The van der Waals surface area contributed by atoms with Gasteiger partial charge in [0.1, 0.15) is 0 Å². The molecule has 0 aromatic carbocycles. The lowest BCUT2D eigenvalue weighted by Crippen LogP contribution is -2.41. The molecule has 0 aliphatic carbocycles. The third kappa shape index (κ3) is 11.5. The third-order valence-corrected chi connectivity index (χ3v) is 2.14. The van der Waals surface area contributed by atoms with Crippen LogP contribution in [-0.2, 0) is 4.74 Å². The lowest BCUT2D eigenvalue weighted by Gasteiger charge is -2.20. The first-order valence-electron chi connectivity index (χ1n) is 6.18. The van der Waals surface area contributed by atoms with E-state index >= 15 is 0 Å². The van der Waals surface area contributed by atoms with E-state index in [-0.39, 0.29) is 11.6 Å². The Bertz CT molecular complexity index is 214. The van der Waals surface area contributed by atoms with E-state index in [1.807, 2.05) is 27.8 Å². The SMILES string of the molecule is CN(CCCN)CCCOC(=O)NC(C)(C)C. The fourth-order valence-electron chi connectivity index (χ4n) is 1.31. The zero-order chi connectivity index (χ0) is 13.3. The Kier molecular flexibility index (Phi) is 7.91. The minimum Gasteiger partial charge on any atom is -0.450 e. The fraction of sp³-hybridized carbons (Fsp3) is 0.917. The van der Waals surface area contributed by atoms with Gasteiger partial charge in [-0.1, -0.05) is 0 Å². The molecule has 5 heteroatoms. The molecule has 0 aliphatic rings. The van der Waals surface area contributed by atoms with E-state index in [1.165, 1.54) is 0 Å². The summed E-state index contributed by atoms with van der Waals surface area (Å²) >= 11 is 0. The Morgan fingerprint density at radius 2 is 1.88 bits per heavy atom. The average molecular weight is 245 g/mol. The van der Waals surface area contributed by atoms with Gasteiger partial charge in [-0.15, -0.1) is 0 Å². The Morgan fingerprint density at radius 1 is 1.29 bits per heavy atom. The van der Waals surface area contributed by atoms with Crippen LogP contribution in [0.1, 0.15) is 33.6 Å². The van der Waals surface area contributed by atoms with Crippen LogP contribution in [0.2, 0.25) is 0 Å². The maximum Gasteiger partial charge on any atom is 0.407 e. The molecule has 0 spiro atoms. The van der Waals surface area contributed by atoms with E-state index in [2.05, 4.69) is 10.2 Å². The van der Waals surface area contributed by atoms with Gasteiger partial charge in [0.2, 0.25) is 0 Å². The first-order chi connectivity index (χ1) is 7.85. The van der Waals surface area contributed by atoms with Crippen molar-refractivity contribution in [3.05, 3.63) is 0 Å². The van der Waals surface area contributed by atoms with E-state index < -0.39 is 0 Å². The second kappa shape index (κ2) is 8.31. The standard InChI is InChI=1S/C12H27N3O2/c1-12(2,3)14-11(16)17-10-6-9-15(4)8-5-7-13/h5-10,13H2,1-4H3,(H,14,16). The molecule has 0 radical (unpaired) electrons. The van der Waals surface area contributed by atoms with Crippen LogP contribution in [-0.4, -0.2) is 49.8 Å². The molecule has 102 valence electrons. The number of nitrogens with one attached hydrogen (secondary N) is 1. The van der Waals surface area contributed by atoms with Crippen LogP contribution in [0.3, 0.4) is 0 Å². The Labute approximate surface area is 105 Å². The maximum atomic E-state index is 11.3. The highest BCUT2D eigenvalue weighted by Gasteiger charge is 2.14. The lowest BCUT2D eigenvalue weighted by atomic mass is 10.1. The molecule has 0 atom stereocenters. The van der Waals surface area contributed by atoms with E-state index in [9.17, 15) is 4.79 Å². The third-order valence-electron chi connectivity index (χ3n) is 2.14. The van der Waals surface area contributed by atoms with Crippen molar-refractivity contribution in [1.82, 2.24) is 10.2 Å². The summed E-state index contributed by atoms with van der Waals surface area (Å²) in [5.74, 6) is 0. The number of nitrogens with two attached hydrogens (primary N) is 1. The van der Waals surface area contributed by atoms with Gasteiger partial charge in [0.15, 0.2) is 0 Å². The summed E-state index contributed by atoms with van der Waals surface area (Å²) in [6.07, 6.45) is 1.50. The summed E-state index contributed by atoms with van der Waals surface area (Å²) in [5.41, 5.74) is 5.18. The highest BCUT2D eigenvalue weighted by atomic mass is 16.5.